The van der Waals surface area contributed by atoms with Crippen LogP contribution in [0.15, 0.2) is 83.0 Å². The lowest BCUT2D eigenvalue weighted by Gasteiger charge is -1.98. The predicted octanol–water partition coefficient (Wildman–Crippen LogP) is 4.45. The second-order valence-corrected chi connectivity index (χ2v) is 5.60. The molecule has 0 atom stereocenters. The molecule has 3 aromatic carbocycles. The minimum Gasteiger partial charge on any atom is -0.258 e. The number of rotatable bonds is 3. The molecule has 0 radical (unpaired) electrons. The summed E-state index contributed by atoms with van der Waals surface area (Å²) in [6, 6.07) is 22.5. The van der Waals surface area contributed by atoms with Crippen molar-refractivity contribution in [3.63, 3.8) is 0 Å². The van der Waals surface area contributed by atoms with E-state index >= 15 is 0 Å². The zero-order chi connectivity index (χ0) is 17.2. The van der Waals surface area contributed by atoms with Crippen LogP contribution in [-0.2, 0) is 0 Å². The minimum absolute atomic E-state index is 0.0127. The second kappa shape index (κ2) is 6.13. The van der Waals surface area contributed by atoms with Gasteiger partial charge in [0.2, 0.25) is 0 Å². The standard InChI is InChI=1S/C20H13N3O2/c24-23(25)19-12-6-1-7-14(19)13-21-22-20-17-10-4-2-8-15(17)16-9-3-5-11-18(16)20/h1-13H/b21-13-. The first-order chi connectivity index (χ1) is 12.3. The summed E-state index contributed by atoms with van der Waals surface area (Å²) in [6.07, 6.45) is 1.43. The first-order valence-electron chi connectivity index (χ1n) is 7.79. The lowest BCUT2D eigenvalue weighted by Crippen LogP contribution is -1.97. The Hall–Kier alpha value is -3.60. The van der Waals surface area contributed by atoms with Crippen LogP contribution in [-0.4, -0.2) is 16.8 Å². The Labute approximate surface area is 144 Å². The van der Waals surface area contributed by atoms with E-state index in [9.17, 15) is 10.1 Å². The van der Waals surface area contributed by atoms with Crippen molar-refractivity contribution in [2.75, 3.05) is 0 Å². The molecule has 3 aromatic rings. The quantitative estimate of drug-likeness (QED) is 0.317. The maximum atomic E-state index is 11.1. The third kappa shape index (κ3) is 2.61. The van der Waals surface area contributed by atoms with Crippen LogP contribution < -0.4 is 0 Å². The molecule has 0 spiro atoms. The highest BCUT2D eigenvalue weighted by atomic mass is 16.6. The van der Waals surface area contributed by atoms with E-state index in [1.54, 1.807) is 18.2 Å². The highest BCUT2D eigenvalue weighted by Crippen LogP contribution is 2.36. The maximum Gasteiger partial charge on any atom is 0.278 e. The Bertz CT molecular complexity index is 991. The van der Waals surface area contributed by atoms with E-state index in [1.807, 2.05) is 36.4 Å². The molecule has 120 valence electrons. The highest BCUT2D eigenvalue weighted by molar-refractivity contribution is 6.24. The van der Waals surface area contributed by atoms with Crippen LogP contribution >= 0.6 is 0 Å². The van der Waals surface area contributed by atoms with Gasteiger partial charge in [-0.25, -0.2) is 0 Å². The SMILES string of the molecule is O=[N+]([O-])c1ccccc1/C=N\N=C1c2ccccc2-c2ccccc21. The summed E-state index contributed by atoms with van der Waals surface area (Å²) in [4.78, 5) is 10.7. The van der Waals surface area contributed by atoms with Crippen LogP contribution in [0.4, 0.5) is 5.69 Å². The molecule has 25 heavy (non-hydrogen) atoms. The Morgan fingerprint density at radius 2 is 1.28 bits per heavy atom. The van der Waals surface area contributed by atoms with E-state index in [4.69, 9.17) is 0 Å². The zero-order valence-corrected chi connectivity index (χ0v) is 13.2. The number of hydrogen-bond donors (Lipinski definition) is 0. The van der Waals surface area contributed by atoms with Crippen LogP contribution in [0.5, 0.6) is 0 Å². The summed E-state index contributed by atoms with van der Waals surface area (Å²) in [5, 5.41) is 19.6. The highest BCUT2D eigenvalue weighted by Gasteiger charge is 2.23. The lowest BCUT2D eigenvalue weighted by molar-refractivity contribution is -0.385. The maximum absolute atomic E-state index is 11.1. The topological polar surface area (TPSA) is 67.9 Å². The fourth-order valence-electron chi connectivity index (χ4n) is 3.01. The van der Waals surface area contributed by atoms with Crippen LogP contribution in [0.2, 0.25) is 0 Å². The van der Waals surface area contributed by atoms with Crippen molar-refractivity contribution in [2.24, 2.45) is 10.2 Å². The molecule has 0 saturated carbocycles. The summed E-state index contributed by atoms with van der Waals surface area (Å²) in [7, 11) is 0. The van der Waals surface area contributed by atoms with Crippen molar-refractivity contribution >= 4 is 17.6 Å². The first kappa shape index (κ1) is 15.0. The van der Waals surface area contributed by atoms with Gasteiger partial charge < -0.3 is 0 Å². The van der Waals surface area contributed by atoms with Crippen LogP contribution in [0.3, 0.4) is 0 Å². The summed E-state index contributed by atoms with van der Waals surface area (Å²) >= 11 is 0. The molecule has 0 unspecified atom stereocenters. The normalized spacial score (nSPS) is 12.1. The van der Waals surface area contributed by atoms with Gasteiger partial charge in [0, 0.05) is 17.2 Å². The van der Waals surface area contributed by atoms with Gasteiger partial charge >= 0.3 is 0 Å². The molecule has 0 fully saturated rings. The van der Waals surface area contributed by atoms with Gasteiger partial charge in [-0.05, 0) is 17.2 Å². The van der Waals surface area contributed by atoms with Gasteiger partial charge in [0.1, 0.15) is 5.71 Å². The Balaban J connectivity index is 1.77. The molecule has 0 aromatic heterocycles. The molecular formula is C20H13N3O2. The zero-order valence-electron chi connectivity index (χ0n) is 13.2. The van der Waals surface area contributed by atoms with Gasteiger partial charge in [-0.3, -0.25) is 10.1 Å². The van der Waals surface area contributed by atoms with Gasteiger partial charge in [0.15, 0.2) is 0 Å². The number of hydrogen-bond acceptors (Lipinski definition) is 4. The van der Waals surface area contributed by atoms with Gasteiger partial charge in [-0.2, -0.15) is 5.10 Å². The summed E-state index contributed by atoms with van der Waals surface area (Å²) < 4.78 is 0. The number of benzene rings is 3. The van der Waals surface area contributed by atoms with Crippen LogP contribution in [0.25, 0.3) is 11.1 Å². The fraction of sp³-hybridized carbons (Fsp3) is 0. The molecule has 0 bridgehead atoms. The lowest BCUT2D eigenvalue weighted by atomic mass is 10.1. The molecule has 5 nitrogen and oxygen atoms in total. The smallest absolute Gasteiger partial charge is 0.258 e. The molecule has 0 heterocycles. The van der Waals surface area contributed by atoms with Gasteiger partial charge in [0.25, 0.3) is 5.69 Å². The Morgan fingerprint density at radius 1 is 0.760 bits per heavy atom. The van der Waals surface area contributed by atoms with Crippen molar-refractivity contribution in [1.29, 1.82) is 0 Å². The monoisotopic (exact) mass is 327 g/mol. The van der Waals surface area contributed by atoms with Crippen molar-refractivity contribution in [3.8, 4) is 11.1 Å². The summed E-state index contributed by atoms with van der Waals surface area (Å²) in [5.74, 6) is 0. The average molecular weight is 327 g/mol. The molecule has 0 N–H and O–H groups in total. The number of nitro benzene ring substituents is 1. The van der Waals surface area contributed by atoms with Crippen LogP contribution in [0.1, 0.15) is 16.7 Å². The number of para-hydroxylation sites is 1. The van der Waals surface area contributed by atoms with Crippen molar-refractivity contribution in [1.82, 2.24) is 0 Å². The van der Waals surface area contributed by atoms with E-state index in [2.05, 4.69) is 22.3 Å². The van der Waals surface area contributed by atoms with Crippen molar-refractivity contribution in [3.05, 3.63) is 99.6 Å². The third-order valence-corrected chi connectivity index (χ3v) is 4.14. The average Bonchev–Trinajstić information content (AvgIpc) is 2.96. The predicted molar refractivity (Wildman–Crippen MR) is 98.2 cm³/mol. The molecule has 0 aliphatic heterocycles. The molecular weight excluding hydrogens is 314 g/mol. The summed E-state index contributed by atoms with van der Waals surface area (Å²) in [6.45, 7) is 0. The molecule has 0 amide bonds. The molecule has 4 rings (SSSR count). The van der Waals surface area contributed by atoms with Crippen molar-refractivity contribution < 1.29 is 4.92 Å². The van der Waals surface area contributed by atoms with E-state index in [1.165, 1.54) is 12.3 Å². The number of nitrogens with zero attached hydrogens (tertiary/aromatic N) is 3. The van der Waals surface area contributed by atoms with E-state index in [0.717, 1.165) is 28.0 Å². The largest absolute Gasteiger partial charge is 0.278 e. The Morgan fingerprint density at radius 3 is 1.88 bits per heavy atom. The molecule has 1 aliphatic carbocycles. The van der Waals surface area contributed by atoms with Crippen LogP contribution in [0, 0.1) is 10.1 Å². The molecule has 5 heteroatoms. The van der Waals surface area contributed by atoms with Gasteiger partial charge in [-0.1, -0.05) is 60.7 Å². The van der Waals surface area contributed by atoms with E-state index < -0.39 is 4.92 Å². The molecule has 1 aliphatic rings. The fourth-order valence-corrected chi connectivity index (χ4v) is 3.01. The van der Waals surface area contributed by atoms with Gasteiger partial charge in [0.05, 0.1) is 16.7 Å². The Kier molecular flexibility index (Phi) is 3.67. The number of nitro groups is 1. The van der Waals surface area contributed by atoms with Crippen molar-refractivity contribution in [2.45, 2.75) is 0 Å². The number of fused-ring (bicyclic) bond motifs is 3. The summed E-state index contributed by atoms with van der Waals surface area (Å²) in [5.41, 5.74) is 5.50. The second-order valence-electron chi connectivity index (χ2n) is 5.60. The third-order valence-electron chi connectivity index (χ3n) is 4.14. The first-order valence-corrected chi connectivity index (χ1v) is 7.79. The van der Waals surface area contributed by atoms with Gasteiger partial charge in [-0.15, -0.1) is 5.10 Å². The van der Waals surface area contributed by atoms with E-state index in [0.29, 0.717) is 5.56 Å². The minimum atomic E-state index is -0.422. The molecule has 0 saturated heterocycles. The van der Waals surface area contributed by atoms with E-state index in [-0.39, 0.29) is 5.69 Å².